The SMILES string of the molecule is [MgH][C]1=CC=CC1. The van der Waals surface area contributed by atoms with E-state index >= 15 is 0 Å². The Balaban J connectivity index is 2.61. The Bertz CT molecular complexity index is 101. The highest BCUT2D eigenvalue weighted by Gasteiger charge is 1.85. The van der Waals surface area contributed by atoms with E-state index in [1.54, 1.807) is 3.70 Å². The van der Waals surface area contributed by atoms with E-state index < -0.39 is 0 Å². The average molecular weight is 90.4 g/mol. The summed E-state index contributed by atoms with van der Waals surface area (Å²) in [6.07, 6.45) is 7.75. The van der Waals surface area contributed by atoms with Crippen LogP contribution in [0.5, 0.6) is 0 Å². The van der Waals surface area contributed by atoms with Crippen LogP contribution in [0.4, 0.5) is 0 Å². The van der Waals surface area contributed by atoms with Crippen LogP contribution in [-0.4, -0.2) is 21.7 Å². The fraction of sp³-hybridized carbons (Fsp3) is 0.200. The van der Waals surface area contributed by atoms with Crippen LogP contribution in [0.2, 0.25) is 0 Å². The Morgan fingerprint density at radius 1 is 1.67 bits per heavy atom. The minimum Gasteiger partial charge on any atom is -0.197 e. The molecule has 0 unspecified atom stereocenters. The van der Waals surface area contributed by atoms with Gasteiger partial charge in [-0.05, 0) is 6.42 Å². The Morgan fingerprint density at radius 2 is 2.50 bits per heavy atom. The molecule has 1 heteroatoms. The second kappa shape index (κ2) is 1.80. The average Bonchev–Trinajstić information content (AvgIpc) is 1.86. The molecule has 0 nitrogen and oxygen atoms in total. The number of hydrogen-bond acceptors (Lipinski definition) is 0. The zero-order valence-corrected chi connectivity index (χ0v) is 5.94. The lowest BCUT2D eigenvalue weighted by atomic mass is 10.5. The van der Waals surface area contributed by atoms with Crippen LogP contribution < -0.4 is 0 Å². The molecule has 0 amide bonds. The van der Waals surface area contributed by atoms with Crippen molar-refractivity contribution >= 4 is 21.7 Å². The van der Waals surface area contributed by atoms with Crippen molar-refractivity contribution in [1.29, 1.82) is 0 Å². The van der Waals surface area contributed by atoms with Crippen LogP contribution in [0.1, 0.15) is 6.42 Å². The molecule has 6 heavy (non-hydrogen) atoms. The summed E-state index contributed by atoms with van der Waals surface area (Å²) < 4.78 is 1.61. The number of allylic oxidation sites excluding steroid dienone is 4. The van der Waals surface area contributed by atoms with Gasteiger partial charge in [0.2, 0.25) is 0 Å². The molecule has 28 valence electrons. The molecular weight excluding hydrogens is 84.4 g/mol. The fourth-order valence-electron chi connectivity index (χ4n) is 0.554. The molecule has 0 radical (unpaired) electrons. The van der Waals surface area contributed by atoms with E-state index in [1.807, 2.05) is 0 Å². The van der Waals surface area contributed by atoms with Crippen molar-refractivity contribution in [2.45, 2.75) is 6.42 Å². The highest BCUT2D eigenvalue weighted by molar-refractivity contribution is 6.22. The van der Waals surface area contributed by atoms with Gasteiger partial charge in [0.1, 0.15) is 0 Å². The third-order valence-electron chi connectivity index (χ3n) is 0.957. The summed E-state index contributed by atoms with van der Waals surface area (Å²) >= 11 is 1.25. The normalized spacial score (nSPS) is 18.2. The first-order chi connectivity index (χ1) is 2.89. The van der Waals surface area contributed by atoms with Crippen LogP contribution in [0, 0.1) is 0 Å². The molecule has 0 fully saturated rings. The Hall–Kier alpha value is 0.246. The van der Waals surface area contributed by atoms with Crippen molar-refractivity contribution in [3.63, 3.8) is 0 Å². The van der Waals surface area contributed by atoms with Crippen molar-refractivity contribution in [2.24, 2.45) is 0 Å². The maximum Gasteiger partial charge on any atom is 0.377 e. The van der Waals surface area contributed by atoms with Gasteiger partial charge in [0.15, 0.2) is 0 Å². The van der Waals surface area contributed by atoms with Crippen molar-refractivity contribution in [3.8, 4) is 0 Å². The monoisotopic (exact) mass is 90.0 g/mol. The van der Waals surface area contributed by atoms with Gasteiger partial charge in [0.05, 0.1) is 0 Å². The summed E-state index contributed by atoms with van der Waals surface area (Å²) in [5.41, 5.74) is 0. The standard InChI is InChI=1S/C5H5.Mg.H/c1-2-4-5-3-1;;/h1-3H,4H2;;. The molecule has 0 aromatic carbocycles. The van der Waals surface area contributed by atoms with Gasteiger partial charge in [-0.3, -0.25) is 0 Å². The largest absolute Gasteiger partial charge is 0.377 e. The zero-order valence-electron chi connectivity index (χ0n) is 3.94. The van der Waals surface area contributed by atoms with Crippen LogP contribution in [0.15, 0.2) is 21.9 Å². The van der Waals surface area contributed by atoms with Gasteiger partial charge in [0.25, 0.3) is 0 Å². The van der Waals surface area contributed by atoms with Gasteiger partial charge in [-0.15, -0.1) is 0 Å². The first kappa shape index (κ1) is 4.41. The third kappa shape index (κ3) is 0.852. The molecule has 0 bridgehead atoms. The Labute approximate surface area is 50.4 Å². The summed E-state index contributed by atoms with van der Waals surface area (Å²) in [5, 5.41) is 0. The predicted molar refractivity (Wildman–Crippen MR) is 29.0 cm³/mol. The molecule has 1 rings (SSSR count). The molecule has 0 spiro atoms. The fourth-order valence-corrected chi connectivity index (χ4v) is 0.982. The summed E-state index contributed by atoms with van der Waals surface area (Å²) in [6, 6.07) is 0. The molecule has 0 saturated carbocycles. The molecule has 0 aromatic heterocycles. The summed E-state index contributed by atoms with van der Waals surface area (Å²) in [6.45, 7) is 0. The lowest BCUT2D eigenvalue weighted by Crippen LogP contribution is -1.68. The van der Waals surface area contributed by atoms with Crippen LogP contribution in [0.3, 0.4) is 0 Å². The van der Waals surface area contributed by atoms with Crippen LogP contribution in [-0.2, 0) is 0 Å². The zero-order chi connectivity index (χ0) is 4.41. The topological polar surface area (TPSA) is 0 Å². The summed E-state index contributed by atoms with van der Waals surface area (Å²) in [7, 11) is 0. The minimum absolute atomic E-state index is 1.23. The lowest BCUT2D eigenvalue weighted by Gasteiger charge is -1.80. The van der Waals surface area contributed by atoms with Gasteiger partial charge >= 0.3 is 21.7 Å². The maximum atomic E-state index is 2.20. The lowest BCUT2D eigenvalue weighted by molar-refractivity contribution is 1.41. The van der Waals surface area contributed by atoms with Crippen molar-refractivity contribution < 1.29 is 0 Å². The van der Waals surface area contributed by atoms with E-state index in [2.05, 4.69) is 18.2 Å². The van der Waals surface area contributed by atoms with E-state index in [4.69, 9.17) is 0 Å². The van der Waals surface area contributed by atoms with Gasteiger partial charge in [-0.25, -0.2) is 0 Å². The predicted octanol–water partition coefficient (Wildman–Crippen LogP) is 0.731. The molecular formula is C5H6Mg. The molecule has 0 N–H and O–H groups in total. The smallest absolute Gasteiger partial charge is 0.197 e. The highest BCUT2D eigenvalue weighted by Crippen LogP contribution is 2.03. The quantitative estimate of drug-likeness (QED) is 0.385. The van der Waals surface area contributed by atoms with E-state index in [1.165, 1.54) is 28.1 Å². The van der Waals surface area contributed by atoms with Crippen molar-refractivity contribution in [1.82, 2.24) is 0 Å². The van der Waals surface area contributed by atoms with Crippen molar-refractivity contribution in [2.75, 3.05) is 0 Å². The number of rotatable bonds is 0. The van der Waals surface area contributed by atoms with Gasteiger partial charge in [0, 0.05) is 0 Å². The van der Waals surface area contributed by atoms with E-state index in [9.17, 15) is 0 Å². The maximum absolute atomic E-state index is 2.20. The second-order valence-electron chi connectivity index (χ2n) is 1.65. The molecule has 0 saturated heterocycles. The Kier molecular flexibility index (Phi) is 1.32. The van der Waals surface area contributed by atoms with Gasteiger partial charge in [-0.2, -0.15) is 3.70 Å². The van der Waals surface area contributed by atoms with Crippen molar-refractivity contribution in [3.05, 3.63) is 21.9 Å². The van der Waals surface area contributed by atoms with Gasteiger partial charge < -0.3 is 0 Å². The summed E-state index contributed by atoms with van der Waals surface area (Å²) in [5.74, 6) is 0. The van der Waals surface area contributed by atoms with E-state index in [0.29, 0.717) is 0 Å². The third-order valence-corrected chi connectivity index (χ3v) is 1.70. The molecule has 1 aliphatic rings. The van der Waals surface area contributed by atoms with E-state index in [-0.39, 0.29) is 0 Å². The number of hydrogen-bond donors (Lipinski definition) is 0. The summed E-state index contributed by atoms with van der Waals surface area (Å²) in [4.78, 5) is 0. The first-order valence-corrected chi connectivity index (χ1v) is 3.22. The second-order valence-corrected chi connectivity index (χ2v) is 2.93. The van der Waals surface area contributed by atoms with Gasteiger partial charge in [-0.1, -0.05) is 18.2 Å². The molecule has 0 atom stereocenters. The minimum atomic E-state index is 1.23. The highest BCUT2D eigenvalue weighted by atomic mass is 24.4. The van der Waals surface area contributed by atoms with Crippen LogP contribution in [0.25, 0.3) is 0 Å². The molecule has 0 heterocycles. The molecule has 0 aromatic rings. The molecule has 0 aliphatic heterocycles. The van der Waals surface area contributed by atoms with E-state index in [0.717, 1.165) is 0 Å². The Morgan fingerprint density at radius 3 is 2.67 bits per heavy atom. The molecule has 1 aliphatic carbocycles. The van der Waals surface area contributed by atoms with Crippen LogP contribution >= 0.6 is 0 Å². The first-order valence-electron chi connectivity index (χ1n) is 2.22.